The van der Waals surface area contributed by atoms with Crippen molar-refractivity contribution in [3.05, 3.63) is 56.5 Å². The van der Waals surface area contributed by atoms with Crippen molar-refractivity contribution in [1.82, 2.24) is 0 Å². The molecule has 2 aromatic carbocycles. The molecule has 0 radical (unpaired) electrons. The van der Waals surface area contributed by atoms with Gasteiger partial charge in [-0.3, -0.25) is 9.59 Å². The predicted octanol–water partition coefficient (Wildman–Crippen LogP) is 4.79. The molecule has 0 aliphatic rings. The summed E-state index contributed by atoms with van der Waals surface area (Å²) in [6.45, 7) is 1.52. The number of ether oxygens (including phenoxy) is 1. The van der Waals surface area contributed by atoms with Crippen LogP contribution >= 0.6 is 34.8 Å². The molecule has 1 N–H and O–H groups in total. The van der Waals surface area contributed by atoms with Gasteiger partial charge in [-0.15, -0.1) is 0 Å². The van der Waals surface area contributed by atoms with Gasteiger partial charge in [0.1, 0.15) is 5.75 Å². The third-order valence-electron chi connectivity index (χ3n) is 2.97. The van der Waals surface area contributed by atoms with Crippen molar-refractivity contribution < 1.29 is 14.3 Å². The van der Waals surface area contributed by atoms with E-state index in [9.17, 15) is 9.59 Å². The average Bonchev–Trinajstić information content (AvgIpc) is 2.48. The Kier molecular flexibility index (Phi) is 5.88. The molecule has 0 aromatic heterocycles. The summed E-state index contributed by atoms with van der Waals surface area (Å²) in [7, 11) is 0. The van der Waals surface area contributed by atoms with Gasteiger partial charge >= 0.3 is 0 Å². The smallest absolute Gasteiger partial charge is 0.262 e. The van der Waals surface area contributed by atoms with Crippen LogP contribution in [0.25, 0.3) is 0 Å². The fourth-order valence-corrected chi connectivity index (χ4v) is 2.70. The molecule has 2 aromatic rings. The number of carbonyl (C=O) groups excluding carboxylic acids is 2. The van der Waals surface area contributed by atoms with Gasteiger partial charge in [0.05, 0.1) is 10.6 Å². The van der Waals surface area contributed by atoms with E-state index in [1.165, 1.54) is 12.1 Å². The fourth-order valence-electron chi connectivity index (χ4n) is 1.91. The van der Waals surface area contributed by atoms with E-state index in [0.29, 0.717) is 22.0 Å². The van der Waals surface area contributed by atoms with Gasteiger partial charge in [-0.1, -0.05) is 34.8 Å². The normalized spacial score (nSPS) is 10.3. The first kappa shape index (κ1) is 17.6. The van der Waals surface area contributed by atoms with Gasteiger partial charge in [-0.25, -0.2) is 0 Å². The summed E-state index contributed by atoms with van der Waals surface area (Å²) >= 11 is 17.7. The number of halogens is 3. The van der Waals surface area contributed by atoms with E-state index in [0.717, 1.165) is 5.56 Å². The fraction of sp³-hybridized carbons (Fsp3) is 0.125. The number of aldehydes is 1. The molecule has 0 bridgehead atoms. The van der Waals surface area contributed by atoms with Crippen LogP contribution in [0.4, 0.5) is 5.69 Å². The zero-order valence-electron chi connectivity index (χ0n) is 12.0. The summed E-state index contributed by atoms with van der Waals surface area (Å²) in [5, 5.41) is 3.75. The predicted molar refractivity (Wildman–Crippen MR) is 92.2 cm³/mol. The highest BCUT2D eigenvalue weighted by molar-refractivity contribution is 6.36. The molecule has 0 spiro atoms. The molecule has 7 heteroatoms. The molecule has 23 heavy (non-hydrogen) atoms. The van der Waals surface area contributed by atoms with Gasteiger partial charge in [0, 0.05) is 15.7 Å². The Labute approximate surface area is 148 Å². The lowest BCUT2D eigenvalue weighted by Crippen LogP contribution is -2.21. The molecule has 2 rings (SSSR count). The number of hydrogen-bond acceptors (Lipinski definition) is 3. The molecule has 120 valence electrons. The van der Waals surface area contributed by atoms with Crippen LogP contribution in [0.3, 0.4) is 0 Å². The van der Waals surface area contributed by atoms with Crippen LogP contribution in [0.1, 0.15) is 15.9 Å². The second-order valence-electron chi connectivity index (χ2n) is 4.72. The Hall–Kier alpha value is -1.75. The number of anilines is 1. The van der Waals surface area contributed by atoms with Crippen molar-refractivity contribution in [3.63, 3.8) is 0 Å². The van der Waals surface area contributed by atoms with Gasteiger partial charge in [-0.05, 0) is 42.8 Å². The second-order valence-corrected chi connectivity index (χ2v) is 6.00. The van der Waals surface area contributed by atoms with E-state index in [2.05, 4.69) is 5.32 Å². The van der Waals surface area contributed by atoms with Crippen LogP contribution in [0.15, 0.2) is 30.3 Å². The summed E-state index contributed by atoms with van der Waals surface area (Å²) in [6.07, 6.45) is 0.564. The molecule has 0 aliphatic heterocycles. The van der Waals surface area contributed by atoms with Crippen LogP contribution in [-0.2, 0) is 4.79 Å². The maximum absolute atomic E-state index is 12.0. The van der Waals surface area contributed by atoms with Crippen LogP contribution in [0.2, 0.25) is 15.1 Å². The highest BCUT2D eigenvalue weighted by Gasteiger charge is 2.13. The minimum absolute atomic E-state index is 0.119. The zero-order chi connectivity index (χ0) is 17.0. The Bertz CT molecular complexity index is 762. The third-order valence-corrected chi connectivity index (χ3v) is 3.71. The number of amides is 1. The lowest BCUT2D eigenvalue weighted by atomic mass is 10.2. The van der Waals surface area contributed by atoms with Crippen LogP contribution in [0.5, 0.6) is 5.75 Å². The quantitative estimate of drug-likeness (QED) is 0.768. The zero-order valence-corrected chi connectivity index (χ0v) is 14.3. The molecule has 0 saturated heterocycles. The number of aryl methyl sites for hydroxylation is 1. The molecule has 0 aliphatic carbocycles. The van der Waals surface area contributed by atoms with Crippen molar-refractivity contribution in [3.8, 4) is 5.75 Å². The number of nitrogens with one attached hydrogen (secondary N) is 1. The minimum Gasteiger partial charge on any atom is -0.481 e. The van der Waals surface area contributed by atoms with Crippen molar-refractivity contribution in [2.45, 2.75) is 6.92 Å². The molecule has 0 unspecified atom stereocenters. The number of hydrogen-bond donors (Lipinski definition) is 1. The first-order valence-electron chi connectivity index (χ1n) is 6.53. The molecular formula is C16H12Cl3NO3. The number of carbonyl (C=O) groups is 2. The third kappa shape index (κ3) is 4.61. The van der Waals surface area contributed by atoms with Gasteiger partial charge in [0.25, 0.3) is 5.91 Å². The van der Waals surface area contributed by atoms with Gasteiger partial charge in [-0.2, -0.15) is 0 Å². The Morgan fingerprint density at radius 2 is 1.91 bits per heavy atom. The van der Waals surface area contributed by atoms with E-state index in [4.69, 9.17) is 39.5 Å². The van der Waals surface area contributed by atoms with Crippen molar-refractivity contribution in [2.24, 2.45) is 0 Å². The van der Waals surface area contributed by atoms with Crippen LogP contribution < -0.4 is 10.1 Å². The molecular weight excluding hydrogens is 361 g/mol. The summed E-state index contributed by atoms with van der Waals surface area (Å²) in [4.78, 5) is 23.0. The van der Waals surface area contributed by atoms with Crippen molar-refractivity contribution in [2.75, 3.05) is 11.9 Å². The lowest BCUT2D eigenvalue weighted by molar-refractivity contribution is -0.118. The summed E-state index contributed by atoms with van der Waals surface area (Å²) in [6, 6.07) is 7.95. The maximum atomic E-state index is 12.0. The summed E-state index contributed by atoms with van der Waals surface area (Å²) in [5.41, 5.74) is 1.63. The topological polar surface area (TPSA) is 55.4 Å². The van der Waals surface area contributed by atoms with E-state index in [-0.39, 0.29) is 22.9 Å². The first-order chi connectivity index (χ1) is 10.9. The van der Waals surface area contributed by atoms with Gasteiger partial charge in [0.2, 0.25) is 0 Å². The van der Waals surface area contributed by atoms with Crippen molar-refractivity contribution in [1.29, 1.82) is 0 Å². The van der Waals surface area contributed by atoms with Crippen LogP contribution in [0, 0.1) is 6.92 Å². The summed E-state index contributed by atoms with van der Waals surface area (Å²) < 4.78 is 5.35. The first-order valence-corrected chi connectivity index (χ1v) is 7.67. The average molecular weight is 373 g/mol. The van der Waals surface area contributed by atoms with E-state index >= 15 is 0 Å². The van der Waals surface area contributed by atoms with Gasteiger partial charge in [0.15, 0.2) is 12.9 Å². The van der Waals surface area contributed by atoms with E-state index in [1.54, 1.807) is 18.2 Å². The molecule has 0 atom stereocenters. The molecule has 0 heterocycles. The molecule has 4 nitrogen and oxygen atoms in total. The Balaban J connectivity index is 2.06. The standard InChI is InChI=1S/C16H12Cl3NO3/c1-9-4-11(17)2-3-14(9)20-15(22)8-23-16-10(7-21)5-12(18)6-13(16)19/h2-7H,8H2,1H3,(H,20,22). The number of benzene rings is 2. The Morgan fingerprint density at radius 1 is 1.17 bits per heavy atom. The molecule has 1 amide bonds. The maximum Gasteiger partial charge on any atom is 0.262 e. The summed E-state index contributed by atoms with van der Waals surface area (Å²) in [5.74, 6) is -0.271. The van der Waals surface area contributed by atoms with Crippen LogP contribution in [-0.4, -0.2) is 18.8 Å². The van der Waals surface area contributed by atoms with Crippen molar-refractivity contribution >= 4 is 52.7 Å². The van der Waals surface area contributed by atoms with Gasteiger partial charge < -0.3 is 10.1 Å². The number of rotatable bonds is 5. The van der Waals surface area contributed by atoms with E-state index in [1.807, 2.05) is 6.92 Å². The highest BCUT2D eigenvalue weighted by Crippen LogP contribution is 2.31. The monoisotopic (exact) mass is 371 g/mol. The minimum atomic E-state index is -0.390. The lowest BCUT2D eigenvalue weighted by Gasteiger charge is -2.12. The second kappa shape index (κ2) is 7.68. The largest absolute Gasteiger partial charge is 0.481 e. The SMILES string of the molecule is Cc1cc(Cl)ccc1NC(=O)COc1c(Cl)cc(Cl)cc1C=O. The molecule has 0 fully saturated rings. The highest BCUT2D eigenvalue weighted by atomic mass is 35.5. The van der Waals surface area contributed by atoms with E-state index < -0.39 is 5.91 Å². The molecule has 0 saturated carbocycles. The Morgan fingerprint density at radius 3 is 2.57 bits per heavy atom.